The van der Waals surface area contributed by atoms with Crippen molar-refractivity contribution in [2.24, 2.45) is 0 Å². The molecule has 0 bridgehead atoms. The van der Waals surface area contributed by atoms with Crippen LogP contribution in [0.5, 0.6) is 0 Å². The lowest BCUT2D eigenvalue weighted by Gasteiger charge is -2.19. The molecule has 1 amide bonds. The SMILES string of the molecule is CCN(CC(=O)NC(C)C)Cc1cc(C)on1. The summed E-state index contributed by atoms with van der Waals surface area (Å²) in [6, 6.07) is 2.07. The van der Waals surface area contributed by atoms with Crippen molar-refractivity contribution >= 4 is 5.91 Å². The number of aromatic nitrogens is 1. The van der Waals surface area contributed by atoms with E-state index in [1.54, 1.807) is 0 Å². The van der Waals surface area contributed by atoms with Crippen LogP contribution < -0.4 is 5.32 Å². The highest BCUT2D eigenvalue weighted by Crippen LogP contribution is 2.05. The fourth-order valence-corrected chi connectivity index (χ4v) is 1.57. The van der Waals surface area contributed by atoms with Crippen molar-refractivity contribution in [2.75, 3.05) is 13.1 Å². The van der Waals surface area contributed by atoms with Crippen LogP contribution >= 0.6 is 0 Å². The van der Waals surface area contributed by atoms with Crippen LogP contribution in [0.3, 0.4) is 0 Å². The Kier molecular flexibility index (Phi) is 5.15. The summed E-state index contributed by atoms with van der Waals surface area (Å²) >= 11 is 0. The first kappa shape index (κ1) is 13.7. The van der Waals surface area contributed by atoms with E-state index in [1.165, 1.54) is 0 Å². The van der Waals surface area contributed by atoms with Gasteiger partial charge in [0, 0.05) is 18.7 Å². The van der Waals surface area contributed by atoms with E-state index >= 15 is 0 Å². The van der Waals surface area contributed by atoms with Gasteiger partial charge >= 0.3 is 0 Å². The third-order valence-electron chi connectivity index (χ3n) is 2.33. The molecule has 0 fully saturated rings. The van der Waals surface area contributed by atoms with Crippen molar-refractivity contribution < 1.29 is 9.32 Å². The van der Waals surface area contributed by atoms with Gasteiger partial charge in [-0.05, 0) is 27.3 Å². The fourth-order valence-electron chi connectivity index (χ4n) is 1.57. The molecule has 17 heavy (non-hydrogen) atoms. The van der Waals surface area contributed by atoms with Crippen LogP contribution in [0, 0.1) is 6.92 Å². The highest BCUT2D eigenvalue weighted by Gasteiger charge is 2.12. The zero-order chi connectivity index (χ0) is 12.8. The molecular formula is C12H21N3O2. The van der Waals surface area contributed by atoms with E-state index in [4.69, 9.17) is 4.52 Å². The van der Waals surface area contributed by atoms with Gasteiger partial charge in [-0.3, -0.25) is 9.69 Å². The van der Waals surface area contributed by atoms with Crippen molar-refractivity contribution in [1.29, 1.82) is 0 Å². The number of carbonyl (C=O) groups excluding carboxylic acids is 1. The van der Waals surface area contributed by atoms with Crippen LogP contribution in [0.4, 0.5) is 0 Å². The van der Waals surface area contributed by atoms with Gasteiger partial charge in [-0.25, -0.2) is 0 Å². The largest absolute Gasteiger partial charge is 0.361 e. The summed E-state index contributed by atoms with van der Waals surface area (Å²) in [5.74, 6) is 0.838. The van der Waals surface area contributed by atoms with Crippen LogP contribution in [-0.2, 0) is 11.3 Å². The number of rotatable bonds is 6. The summed E-state index contributed by atoms with van der Waals surface area (Å²) in [4.78, 5) is 13.6. The molecule has 0 saturated carbocycles. The Bertz CT molecular complexity index is 360. The summed E-state index contributed by atoms with van der Waals surface area (Å²) in [5, 5.41) is 6.80. The maximum absolute atomic E-state index is 11.6. The molecule has 0 spiro atoms. The molecule has 1 heterocycles. The zero-order valence-electron chi connectivity index (χ0n) is 11.0. The lowest BCUT2D eigenvalue weighted by Crippen LogP contribution is -2.39. The molecule has 1 N–H and O–H groups in total. The number of amides is 1. The number of hydrogen-bond donors (Lipinski definition) is 1. The minimum absolute atomic E-state index is 0.0436. The average Bonchev–Trinajstić information content (AvgIpc) is 2.61. The van der Waals surface area contributed by atoms with Crippen molar-refractivity contribution in [3.05, 3.63) is 17.5 Å². The van der Waals surface area contributed by atoms with Crippen molar-refractivity contribution in [2.45, 2.75) is 40.3 Å². The highest BCUT2D eigenvalue weighted by molar-refractivity contribution is 5.78. The van der Waals surface area contributed by atoms with Gasteiger partial charge in [-0.2, -0.15) is 0 Å². The minimum Gasteiger partial charge on any atom is -0.361 e. The predicted molar refractivity (Wildman–Crippen MR) is 65.5 cm³/mol. The van der Waals surface area contributed by atoms with E-state index in [0.29, 0.717) is 13.1 Å². The van der Waals surface area contributed by atoms with Crippen LogP contribution in [-0.4, -0.2) is 35.1 Å². The van der Waals surface area contributed by atoms with Gasteiger partial charge in [0.25, 0.3) is 0 Å². The fraction of sp³-hybridized carbons (Fsp3) is 0.667. The lowest BCUT2D eigenvalue weighted by atomic mass is 10.3. The smallest absolute Gasteiger partial charge is 0.234 e. The zero-order valence-corrected chi connectivity index (χ0v) is 11.0. The maximum Gasteiger partial charge on any atom is 0.234 e. The molecule has 0 aromatic carbocycles. The lowest BCUT2D eigenvalue weighted by molar-refractivity contribution is -0.122. The minimum atomic E-state index is 0.0436. The topological polar surface area (TPSA) is 58.4 Å². The number of aryl methyl sites for hydroxylation is 1. The standard InChI is InChI=1S/C12H21N3O2/c1-5-15(8-12(16)13-9(2)3)7-11-6-10(4)17-14-11/h6,9H,5,7-8H2,1-4H3,(H,13,16). The molecule has 0 aliphatic carbocycles. The molecule has 0 saturated heterocycles. The Morgan fingerprint density at radius 1 is 1.59 bits per heavy atom. The molecule has 1 aromatic rings. The molecular weight excluding hydrogens is 218 g/mol. The van der Waals surface area contributed by atoms with Gasteiger partial charge < -0.3 is 9.84 Å². The number of carbonyl (C=O) groups is 1. The highest BCUT2D eigenvalue weighted by atomic mass is 16.5. The molecule has 5 nitrogen and oxygen atoms in total. The van der Waals surface area contributed by atoms with Crippen molar-refractivity contribution in [3.8, 4) is 0 Å². The van der Waals surface area contributed by atoms with Gasteiger partial charge in [-0.15, -0.1) is 0 Å². The van der Waals surface area contributed by atoms with Gasteiger partial charge in [0.2, 0.25) is 5.91 Å². The second-order valence-corrected chi connectivity index (χ2v) is 4.45. The quantitative estimate of drug-likeness (QED) is 0.813. The van der Waals surface area contributed by atoms with Gasteiger partial charge in [0.05, 0.1) is 12.2 Å². The van der Waals surface area contributed by atoms with E-state index in [1.807, 2.05) is 38.7 Å². The second kappa shape index (κ2) is 6.39. The molecule has 0 atom stereocenters. The van der Waals surface area contributed by atoms with E-state index in [-0.39, 0.29) is 11.9 Å². The van der Waals surface area contributed by atoms with E-state index < -0.39 is 0 Å². The third-order valence-corrected chi connectivity index (χ3v) is 2.33. The molecule has 1 aromatic heterocycles. The Morgan fingerprint density at radius 3 is 2.76 bits per heavy atom. The second-order valence-electron chi connectivity index (χ2n) is 4.45. The predicted octanol–water partition coefficient (Wildman–Crippen LogP) is 1.33. The summed E-state index contributed by atoms with van der Waals surface area (Å²) < 4.78 is 5.00. The summed E-state index contributed by atoms with van der Waals surface area (Å²) in [6.07, 6.45) is 0. The van der Waals surface area contributed by atoms with Gasteiger partial charge in [0.15, 0.2) is 0 Å². The molecule has 0 unspecified atom stereocenters. The molecule has 5 heteroatoms. The maximum atomic E-state index is 11.6. The van der Waals surface area contributed by atoms with Crippen LogP contribution in [0.15, 0.2) is 10.6 Å². The Morgan fingerprint density at radius 2 is 2.29 bits per heavy atom. The monoisotopic (exact) mass is 239 g/mol. The first-order valence-electron chi connectivity index (χ1n) is 5.95. The van der Waals surface area contributed by atoms with Crippen molar-refractivity contribution in [1.82, 2.24) is 15.4 Å². The van der Waals surface area contributed by atoms with Crippen LogP contribution in [0.25, 0.3) is 0 Å². The van der Waals surface area contributed by atoms with E-state index in [9.17, 15) is 4.79 Å². The number of likely N-dealkylation sites (N-methyl/N-ethyl adjacent to an activating group) is 1. The first-order chi connectivity index (χ1) is 8.01. The number of nitrogens with zero attached hydrogens (tertiary/aromatic N) is 2. The molecule has 1 rings (SSSR count). The Labute approximate surface area is 102 Å². The molecule has 0 aliphatic heterocycles. The van der Waals surface area contributed by atoms with E-state index in [2.05, 4.69) is 10.5 Å². The average molecular weight is 239 g/mol. The Balaban J connectivity index is 2.46. The van der Waals surface area contributed by atoms with E-state index in [0.717, 1.165) is 18.0 Å². The summed E-state index contributed by atoms with van der Waals surface area (Å²) in [6.45, 7) is 9.62. The molecule has 0 radical (unpaired) electrons. The number of nitrogens with one attached hydrogen (secondary N) is 1. The normalized spacial score (nSPS) is 11.2. The van der Waals surface area contributed by atoms with Gasteiger partial charge in [-0.1, -0.05) is 12.1 Å². The first-order valence-corrected chi connectivity index (χ1v) is 5.95. The van der Waals surface area contributed by atoms with Crippen molar-refractivity contribution in [3.63, 3.8) is 0 Å². The van der Waals surface area contributed by atoms with Crippen LogP contribution in [0.2, 0.25) is 0 Å². The summed E-state index contributed by atoms with van der Waals surface area (Å²) in [5.41, 5.74) is 0.863. The van der Waals surface area contributed by atoms with Crippen LogP contribution in [0.1, 0.15) is 32.2 Å². The Hall–Kier alpha value is -1.36. The van der Waals surface area contributed by atoms with Gasteiger partial charge in [0.1, 0.15) is 5.76 Å². The third kappa shape index (κ3) is 4.99. The molecule has 0 aliphatic rings. The summed E-state index contributed by atoms with van der Waals surface area (Å²) in [7, 11) is 0. The molecule has 96 valence electrons. The number of hydrogen-bond acceptors (Lipinski definition) is 4.